The van der Waals surface area contributed by atoms with E-state index in [0.29, 0.717) is 0 Å². The molecule has 0 aromatic carbocycles. The Balaban J connectivity index is -0.0000000840. The third kappa shape index (κ3) is 54.0. The van der Waals surface area contributed by atoms with Gasteiger partial charge in [0.05, 0.1) is 0 Å². The molecule has 49 heavy (non-hydrogen) atoms. The van der Waals surface area contributed by atoms with E-state index in [2.05, 4.69) is 0 Å². The molecule has 0 bridgehead atoms. The molecule has 0 atom stereocenters. The van der Waals surface area contributed by atoms with E-state index in [9.17, 15) is 69.3 Å². The number of carboxylic acids is 7. The maximum Gasteiger partial charge on any atom is 0.0467 e. The zero-order valence-corrected chi connectivity index (χ0v) is 33.7. The van der Waals surface area contributed by atoms with Gasteiger partial charge in [0, 0.05) is 79.7 Å². The van der Waals surface area contributed by atoms with E-state index in [0.717, 1.165) is 0 Å². The van der Waals surface area contributed by atoms with Gasteiger partial charge in [-0.1, -0.05) is 145 Å². The SMILES string of the molecule is CC(C)(C)C(=O)[O-].CC(C)(C)C(=O)[O-].CC(C)(C)C(=O)[O-].CC(C)(C)C(=O)[O-].CC(C)(C)C(=O)[O-].CC(C)(C)C(=O)[O-].CC(C)(C)C(=O)[O-]. The van der Waals surface area contributed by atoms with Gasteiger partial charge in [-0.15, -0.1) is 0 Å². The molecule has 0 rings (SSSR count). The Hall–Kier alpha value is -3.71. The number of hydrogen-bond donors (Lipinski definition) is 0. The molecule has 0 amide bonds. The third-order valence-corrected chi connectivity index (χ3v) is 4.29. The molecule has 0 unspecified atom stereocenters. The molecule has 0 aromatic heterocycles. The van der Waals surface area contributed by atoms with Gasteiger partial charge in [-0.25, -0.2) is 0 Å². The number of aliphatic carboxylic acids is 7. The van der Waals surface area contributed by atoms with Crippen molar-refractivity contribution in [1.29, 1.82) is 0 Å². The Morgan fingerprint density at radius 3 is 0.224 bits per heavy atom. The van der Waals surface area contributed by atoms with Crippen molar-refractivity contribution in [3.05, 3.63) is 0 Å². The lowest BCUT2D eigenvalue weighted by Gasteiger charge is -2.18. The fraction of sp³-hybridized carbons (Fsp3) is 0.800. The maximum atomic E-state index is 9.91. The van der Waals surface area contributed by atoms with Crippen molar-refractivity contribution in [3.8, 4) is 0 Å². The third-order valence-electron chi connectivity index (χ3n) is 4.29. The molecule has 0 heterocycles. The Morgan fingerprint density at radius 1 is 0.204 bits per heavy atom. The number of carbonyl (C=O) groups excluding carboxylic acids is 7. The molecular weight excluding hydrogens is 644 g/mol. The summed E-state index contributed by atoms with van der Waals surface area (Å²) in [6.45, 7) is 33.6. The summed E-state index contributed by atoms with van der Waals surface area (Å²) < 4.78 is 0. The molecule has 0 aliphatic heterocycles. The average Bonchev–Trinajstić information content (AvgIpc) is 2.77. The van der Waals surface area contributed by atoms with Crippen LogP contribution in [-0.2, 0) is 33.6 Å². The molecule has 0 aliphatic carbocycles. The normalized spacial score (nSPS) is 11.3. The Kier molecular flexibility index (Phi) is 29.2. The van der Waals surface area contributed by atoms with Crippen molar-refractivity contribution in [2.75, 3.05) is 0 Å². The first-order chi connectivity index (χ1) is 20.6. The van der Waals surface area contributed by atoms with Crippen molar-refractivity contribution in [2.45, 2.75) is 145 Å². The number of carboxylic acid groups (broad SMARTS) is 7. The minimum Gasteiger partial charge on any atom is -0.550 e. The first-order valence-corrected chi connectivity index (χ1v) is 15.1. The van der Waals surface area contributed by atoms with E-state index in [1.807, 2.05) is 0 Å². The van der Waals surface area contributed by atoms with Crippen LogP contribution in [-0.4, -0.2) is 41.8 Å². The second-order valence-electron chi connectivity index (χ2n) is 17.8. The Morgan fingerprint density at radius 2 is 0.224 bits per heavy atom. The molecule has 294 valence electrons. The highest BCUT2D eigenvalue weighted by Gasteiger charge is 2.12. The smallest absolute Gasteiger partial charge is 0.0467 e. The van der Waals surface area contributed by atoms with E-state index in [1.165, 1.54) is 0 Å². The summed E-state index contributed by atoms with van der Waals surface area (Å²) in [5.74, 6) is -7.05. The monoisotopic (exact) mass is 707 g/mol. The van der Waals surface area contributed by atoms with E-state index in [1.54, 1.807) is 145 Å². The van der Waals surface area contributed by atoms with E-state index in [4.69, 9.17) is 0 Å². The second-order valence-corrected chi connectivity index (χ2v) is 17.8. The van der Waals surface area contributed by atoms with Gasteiger partial charge in [0.2, 0.25) is 0 Å². The van der Waals surface area contributed by atoms with Gasteiger partial charge in [-0.05, 0) is 0 Å². The van der Waals surface area contributed by atoms with Crippen LogP contribution in [0.25, 0.3) is 0 Å². The minimum atomic E-state index is -1.01. The van der Waals surface area contributed by atoms with Crippen LogP contribution in [0.15, 0.2) is 0 Å². The molecular formula is C35H63O14-7. The van der Waals surface area contributed by atoms with Gasteiger partial charge in [0.15, 0.2) is 0 Å². The topological polar surface area (TPSA) is 281 Å². The lowest BCUT2D eigenvalue weighted by molar-refractivity contribution is -0.317. The summed E-state index contributed by atoms with van der Waals surface area (Å²) in [5, 5.41) is 69.4. The minimum absolute atomic E-state index is 0.694. The second kappa shape index (κ2) is 23.6. The summed E-state index contributed by atoms with van der Waals surface area (Å²) in [4.78, 5) is 69.4. The van der Waals surface area contributed by atoms with Crippen LogP contribution in [0.3, 0.4) is 0 Å². The standard InChI is InChI=1S/7C5H10O2/c7*1-5(2,3)4(6)7/h7*1-3H3,(H,6,7)/p-7. The maximum absolute atomic E-state index is 9.91. The number of carbonyl (C=O) groups is 7. The average molecular weight is 708 g/mol. The van der Waals surface area contributed by atoms with E-state index in [-0.39, 0.29) is 0 Å². The van der Waals surface area contributed by atoms with Crippen molar-refractivity contribution < 1.29 is 69.3 Å². The predicted octanol–water partition coefficient (Wildman–Crippen LogP) is -1.52. The Labute approximate surface area is 294 Å². The van der Waals surface area contributed by atoms with Gasteiger partial charge in [0.1, 0.15) is 0 Å². The molecule has 0 N–H and O–H groups in total. The van der Waals surface area contributed by atoms with Crippen molar-refractivity contribution >= 4 is 41.8 Å². The highest BCUT2D eigenvalue weighted by molar-refractivity contribution is 5.72. The highest BCUT2D eigenvalue weighted by Crippen LogP contribution is 2.12. The van der Waals surface area contributed by atoms with E-state index >= 15 is 0 Å². The van der Waals surface area contributed by atoms with Crippen LogP contribution in [0.5, 0.6) is 0 Å². The molecule has 0 saturated heterocycles. The van der Waals surface area contributed by atoms with Crippen molar-refractivity contribution in [3.63, 3.8) is 0 Å². The summed E-state index contributed by atoms with van der Waals surface area (Å²) in [6, 6.07) is 0. The largest absolute Gasteiger partial charge is 0.550 e. The van der Waals surface area contributed by atoms with E-state index < -0.39 is 79.7 Å². The van der Waals surface area contributed by atoms with Crippen LogP contribution in [0.2, 0.25) is 0 Å². The Bertz CT molecular complexity index is 786. The van der Waals surface area contributed by atoms with Crippen LogP contribution in [0.1, 0.15) is 145 Å². The highest BCUT2D eigenvalue weighted by atomic mass is 16.4. The predicted molar refractivity (Wildman–Crippen MR) is 171 cm³/mol. The van der Waals surface area contributed by atoms with Crippen molar-refractivity contribution in [1.82, 2.24) is 0 Å². The van der Waals surface area contributed by atoms with Crippen molar-refractivity contribution in [2.24, 2.45) is 37.9 Å². The molecule has 0 saturated carbocycles. The molecule has 0 fully saturated rings. The zero-order chi connectivity index (χ0) is 42.5. The quantitative estimate of drug-likeness (QED) is 0.276. The fourth-order valence-electron chi connectivity index (χ4n) is 0. The molecule has 0 aromatic rings. The first kappa shape index (κ1) is 60.6. The van der Waals surface area contributed by atoms with Gasteiger partial charge >= 0.3 is 0 Å². The summed E-state index contributed by atoms with van der Waals surface area (Å²) in [7, 11) is 0. The van der Waals surface area contributed by atoms with Crippen LogP contribution >= 0.6 is 0 Å². The molecule has 14 nitrogen and oxygen atoms in total. The zero-order valence-electron chi connectivity index (χ0n) is 33.7. The van der Waals surface area contributed by atoms with Crippen LogP contribution in [0.4, 0.5) is 0 Å². The summed E-state index contributed by atoms with van der Waals surface area (Å²) >= 11 is 0. The van der Waals surface area contributed by atoms with Crippen LogP contribution < -0.4 is 35.7 Å². The molecule has 14 heteroatoms. The summed E-state index contributed by atoms with van der Waals surface area (Å²) in [6.07, 6.45) is 0. The first-order valence-electron chi connectivity index (χ1n) is 15.1. The fourth-order valence-corrected chi connectivity index (χ4v) is 0. The van der Waals surface area contributed by atoms with Gasteiger partial charge in [-0.3, -0.25) is 0 Å². The lowest BCUT2D eigenvalue weighted by Crippen LogP contribution is -2.35. The number of rotatable bonds is 0. The number of hydrogen-bond acceptors (Lipinski definition) is 14. The van der Waals surface area contributed by atoms with Gasteiger partial charge in [-0.2, -0.15) is 0 Å². The van der Waals surface area contributed by atoms with Gasteiger partial charge in [0.25, 0.3) is 0 Å². The molecule has 0 spiro atoms. The van der Waals surface area contributed by atoms with Gasteiger partial charge < -0.3 is 69.3 Å². The summed E-state index contributed by atoms with van der Waals surface area (Å²) in [5.41, 5.74) is -4.86. The molecule has 0 aliphatic rings. The molecule has 0 radical (unpaired) electrons. The lowest BCUT2D eigenvalue weighted by atomic mass is 9.98. The van der Waals surface area contributed by atoms with Crippen LogP contribution in [0, 0.1) is 37.9 Å².